The fourth-order valence-corrected chi connectivity index (χ4v) is 1.53. The Morgan fingerprint density at radius 2 is 2.12 bits per heavy atom. The molecule has 0 radical (unpaired) electrons. The highest BCUT2D eigenvalue weighted by molar-refractivity contribution is 5.89. The van der Waals surface area contributed by atoms with E-state index >= 15 is 0 Å². The Bertz CT molecular complexity index is 353. The molecule has 1 aromatic heterocycles. The topological polar surface area (TPSA) is 65.2 Å². The van der Waals surface area contributed by atoms with Crippen LogP contribution in [-0.2, 0) is 4.74 Å². The molecule has 2 N–H and O–H groups in total. The molecule has 0 amide bonds. The third-order valence-electron chi connectivity index (χ3n) is 2.50. The number of hydrogen-bond donors (Lipinski definition) is 1. The summed E-state index contributed by atoms with van der Waals surface area (Å²) in [4.78, 5) is 15.4. The van der Waals surface area contributed by atoms with Crippen LogP contribution in [0.15, 0.2) is 18.3 Å². The van der Waals surface area contributed by atoms with Crippen LogP contribution >= 0.6 is 0 Å². The van der Waals surface area contributed by atoms with Crippen molar-refractivity contribution < 1.29 is 9.53 Å². The van der Waals surface area contributed by atoms with Crippen LogP contribution in [0.2, 0.25) is 0 Å². The van der Waals surface area contributed by atoms with Crippen molar-refractivity contribution in [3.05, 3.63) is 23.9 Å². The third-order valence-corrected chi connectivity index (χ3v) is 2.50. The minimum Gasteiger partial charge on any atom is -0.462 e. The number of anilines is 1. The summed E-state index contributed by atoms with van der Waals surface area (Å²) in [6.45, 7) is 2.65. The number of pyridine rings is 1. The Morgan fingerprint density at radius 1 is 1.35 bits per heavy atom. The fraction of sp³-hybridized carbons (Fsp3) is 0.538. The average Bonchev–Trinajstić information content (AvgIpc) is 2.33. The molecule has 0 saturated carbocycles. The van der Waals surface area contributed by atoms with Gasteiger partial charge >= 0.3 is 5.97 Å². The molecule has 94 valence electrons. The molecule has 4 heteroatoms. The molecule has 1 heterocycles. The molecule has 0 bridgehead atoms. The van der Waals surface area contributed by atoms with Crippen LogP contribution in [0, 0.1) is 0 Å². The standard InChI is InChI=1S/C13H20N2O2/c1-2-3-4-5-6-9-17-13(16)11-7-8-15-12(14)10-11/h7-8,10H,2-6,9H2,1H3,(H2,14,15). The van der Waals surface area contributed by atoms with Crippen molar-refractivity contribution >= 4 is 11.8 Å². The van der Waals surface area contributed by atoms with Gasteiger partial charge in [0.25, 0.3) is 0 Å². The predicted octanol–water partition coefficient (Wildman–Crippen LogP) is 2.79. The van der Waals surface area contributed by atoms with Crippen molar-refractivity contribution in [2.24, 2.45) is 0 Å². The van der Waals surface area contributed by atoms with Crippen LogP contribution in [0.25, 0.3) is 0 Å². The van der Waals surface area contributed by atoms with Gasteiger partial charge in [-0.25, -0.2) is 9.78 Å². The Balaban J connectivity index is 2.21. The van der Waals surface area contributed by atoms with Gasteiger partial charge in [-0.3, -0.25) is 0 Å². The van der Waals surface area contributed by atoms with E-state index in [1.54, 1.807) is 6.07 Å². The van der Waals surface area contributed by atoms with Crippen LogP contribution in [-0.4, -0.2) is 17.6 Å². The molecular weight excluding hydrogens is 216 g/mol. The zero-order valence-corrected chi connectivity index (χ0v) is 10.3. The molecule has 0 aliphatic carbocycles. The lowest BCUT2D eigenvalue weighted by Gasteiger charge is -2.04. The largest absolute Gasteiger partial charge is 0.462 e. The van der Waals surface area contributed by atoms with Crippen LogP contribution < -0.4 is 5.73 Å². The molecule has 0 atom stereocenters. The van der Waals surface area contributed by atoms with Crippen molar-refractivity contribution in [1.82, 2.24) is 4.98 Å². The summed E-state index contributed by atoms with van der Waals surface area (Å²) in [5.74, 6) is 0.0111. The number of hydrogen-bond acceptors (Lipinski definition) is 4. The molecule has 0 aromatic carbocycles. The monoisotopic (exact) mass is 236 g/mol. The number of esters is 1. The van der Waals surface area contributed by atoms with E-state index in [2.05, 4.69) is 11.9 Å². The van der Waals surface area contributed by atoms with Gasteiger partial charge in [0.15, 0.2) is 0 Å². The summed E-state index contributed by atoms with van der Waals surface area (Å²) in [6, 6.07) is 3.13. The maximum absolute atomic E-state index is 11.6. The first-order chi connectivity index (χ1) is 8.24. The summed E-state index contributed by atoms with van der Waals surface area (Å²) >= 11 is 0. The summed E-state index contributed by atoms with van der Waals surface area (Å²) < 4.78 is 5.14. The first kappa shape index (κ1) is 13.5. The van der Waals surface area contributed by atoms with E-state index in [4.69, 9.17) is 10.5 Å². The van der Waals surface area contributed by atoms with Crippen LogP contribution in [0.3, 0.4) is 0 Å². The average molecular weight is 236 g/mol. The Morgan fingerprint density at radius 3 is 2.82 bits per heavy atom. The number of carbonyl (C=O) groups excluding carboxylic acids is 1. The van der Waals surface area contributed by atoms with E-state index < -0.39 is 0 Å². The van der Waals surface area contributed by atoms with E-state index in [1.807, 2.05) is 0 Å². The van der Waals surface area contributed by atoms with Gasteiger partial charge in [-0.05, 0) is 18.6 Å². The number of unbranched alkanes of at least 4 members (excludes halogenated alkanes) is 4. The van der Waals surface area contributed by atoms with Gasteiger partial charge in [0.1, 0.15) is 5.82 Å². The zero-order chi connectivity index (χ0) is 12.5. The maximum Gasteiger partial charge on any atom is 0.338 e. The smallest absolute Gasteiger partial charge is 0.338 e. The molecular formula is C13H20N2O2. The molecule has 0 aliphatic rings. The summed E-state index contributed by atoms with van der Waals surface area (Å²) in [7, 11) is 0. The second kappa shape index (κ2) is 7.65. The SMILES string of the molecule is CCCCCCCOC(=O)c1ccnc(N)c1. The Kier molecular flexibility index (Phi) is 6.07. The molecule has 1 aromatic rings. The van der Waals surface area contributed by atoms with Crippen molar-refractivity contribution in [3.8, 4) is 0 Å². The van der Waals surface area contributed by atoms with Crippen molar-refractivity contribution in [1.29, 1.82) is 0 Å². The number of rotatable bonds is 7. The lowest BCUT2D eigenvalue weighted by molar-refractivity contribution is 0.0497. The second-order valence-electron chi connectivity index (χ2n) is 4.02. The number of aromatic nitrogens is 1. The van der Waals surface area contributed by atoms with E-state index in [-0.39, 0.29) is 5.97 Å². The molecule has 1 rings (SSSR count). The van der Waals surface area contributed by atoms with Gasteiger partial charge in [-0.1, -0.05) is 32.6 Å². The normalized spacial score (nSPS) is 10.2. The number of ether oxygens (including phenoxy) is 1. The van der Waals surface area contributed by atoms with Crippen LogP contribution in [0.1, 0.15) is 49.4 Å². The molecule has 0 spiro atoms. The number of carbonyl (C=O) groups is 1. The van der Waals surface area contributed by atoms with E-state index in [9.17, 15) is 4.79 Å². The molecule has 4 nitrogen and oxygen atoms in total. The Hall–Kier alpha value is -1.58. The van der Waals surface area contributed by atoms with Gasteiger partial charge in [0, 0.05) is 6.20 Å². The second-order valence-corrected chi connectivity index (χ2v) is 4.02. The lowest BCUT2D eigenvalue weighted by atomic mass is 10.2. The zero-order valence-electron chi connectivity index (χ0n) is 10.3. The maximum atomic E-state index is 11.6. The van der Waals surface area contributed by atoms with E-state index in [1.165, 1.54) is 31.5 Å². The van der Waals surface area contributed by atoms with E-state index in [0.717, 1.165) is 12.8 Å². The summed E-state index contributed by atoms with van der Waals surface area (Å²) in [5.41, 5.74) is 5.95. The van der Waals surface area contributed by atoms with Crippen LogP contribution in [0.4, 0.5) is 5.82 Å². The highest BCUT2D eigenvalue weighted by Crippen LogP contribution is 2.07. The quantitative estimate of drug-likeness (QED) is 0.584. The predicted molar refractivity (Wildman–Crippen MR) is 67.7 cm³/mol. The molecule has 17 heavy (non-hydrogen) atoms. The summed E-state index contributed by atoms with van der Waals surface area (Å²) in [5, 5.41) is 0. The number of nitrogens with zero attached hydrogens (tertiary/aromatic N) is 1. The van der Waals surface area contributed by atoms with Gasteiger partial charge in [-0.2, -0.15) is 0 Å². The van der Waals surface area contributed by atoms with Crippen molar-refractivity contribution in [3.63, 3.8) is 0 Å². The fourth-order valence-electron chi connectivity index (χ4n) is 1.53. The highest BCUT2D eigenvalue weighted by atomic mass is 16.5. The number of nitrogen functional groups attached to an aromatic ring is 1. The molecule has 0 unspecified atom stereocenters. The Labute approximate surface area is 102 Å². The van der Waals surface area contributed by atoms with Crippen LogP contribution in [0.5, 0.6) is 0 Å². The lowest BCUT2D eigenvalue weighted by Crippen LogP contribution is -2.07. The number of nitrogens with two attached hydrogens (primary N) is 1. The molecule has 0 fully saturated rings. The minimum absolute atomic E-state index is 0.324. The molecule has 0 aliphatic heterocycles. The highest BCUT2D eigenvalue weighted by Gasteiger charge is 2.06. The van der Waals surface area contributed by atoms with E-state index in [0.29, 0.717) is 18.0 Å². The third kappa shape index (κ3) is 5.33. The van der Waals surface area contributed by atoms with Crippen molar-refractivity contribution in [2.45, 2.75) is 39.0 Å². The van der Waals surface area contributed by atoms with Gasteiger partial charge in [0.2, 0.25) is 0 Å². The molecule has 0 saturated heterocycles. The minimum atomic E-state index is -0.324. The van der Waals surface area contributed by atoms with Gasteiger partial charge in [0.05, 0.1) is 12.2 Å². The van der Waals surface area contributed by atoms with Gasteiger partial charge < -0.3 is 10.5 Å². The van der Waals surface area contributed by atoms with Crippen molar-refractivity contribution in [2.75, 3.05) is 12.3 Å². The first-order valence-corrected chi connectivity index (χ1v) is 6.12. The summed E-state index contributed by atoms with van der Waals surface area (Å²) in [6.07, 6.45) is 7.21. The van der Waals surface area contributed by atoms with Gasteiger partial charge in [-0.15, -0.1) is 0 Å². The first-order valence-electron chi connectivity index (χ1n) is 6.12.